The fourth-order valence-corrected chi connectivity index (χ4v) is 2.56. The van der Waals surface area contributed by atoms with E-state index in [1.165, 1.54) is 0 Å². The number of aldehydes is 1. The van der Waals surface area contributed by atoms with Crippen LogP contribution in [0.2, 0.25) is 0 Å². The summed E-state index contributed by atoms with van der Waals surface area (Å²) >= 11 is 0. The molecule has 22 heavy (non-hydrogen) atoms. The highest BCUT2D eigenvalue weighted by Crippen LogP contribution is 2.32. The van der Waals surface area contributed by atoms with Gasteiger partial charge >= 0.3 is 0 Å². The van der Waals surface area contributed by atoms with E-state index in [0.29, 0.717) is 17.7 Å². The van der Waals surface area contributed by atoms with E-state index in [-0.39, 0.29) is 6.61 Å². The van der Waals surface area contributed by atoms with Crippen LogP contribution in [0.1, 0.15) is 15.9 Å². The maximum atomic E-state index is 11.2. The van der Waals surface area contributed by atoms with Crippen molar-refractivity contribution in [2.24, 2.45) is 0 Å². The molecule has 0 bridgehead atoms. The molecule has 3 nitrogen and oxygen atoms in total. The Morgan fingerprint density at radius 3 is 2.50 bits per heavy atom. The molecule has 110 valence electrons. The van der Waals surface area contributed by atoms with Gasteiger partial charge in [-0.05, 0) is 47.7 Å². The number of rotatable bonds is 5. The molecule has 3 heteroatoms. The van der Waals surface area contributed by atoms with E-state index in [1.54, 1.807) is 0 Å². The molecule has 0 aliphatic heterocycles. The number of benzene rings is 3. The minimum Gasteiger partial charge on any atom is -0.457 e. The van der Waals surface area contributed by atoms with Crippen LogP contribution in [0.3, 0.4) is 0 Å². The van der Waals surface area contributed by atoms with Crippen molar-refractivity contribution in [2.45, 2.75) is 6.42 Å². The zero-order valence-electron chi connectivity index (χ0n) is 12.0. The Morgan fingerprint density at radius 2 is 1.77 bits per heavy atom. The predicted octanol–water partition coefficient (Wildman–Crippen LogP) is 3.98. The van der Waals surface area contributed by atoms with Gasteiger partial charge in [0.15, 0.2) is 0 Å². The molecule has 0 fully saturated rings. The van der Waals surface area contributed by atoms with Crippen LogP contribution in [0.4, 0.5) is 0 Å². The largest absolute Gasteiger partial charge is 0.457 e. The third-order valence-corrected chi connectivity index (χ3v) is 3.55. The number of hydrogen-bond acceptors (Lipinski definition) is 3. The lowest BCUT2D eigenvalue weighted by Crippen LogP contribution is -1.96. The SMILES string of the molecule is O=Cc1cc(CCO)c2cccc(Oc3ccccc3)c2c1. The van der Waals surface area contributed by atoms with Crippen LogP contribution in [0.15, 0.2) is 60.7 Å². The van der Waals surface area contributed by atoms with Crippen molar-refractivity contribution in [2.75, 3.05) is 6.61 Å². The highest BCUT2D eigenvalue weighted by Gasteiger charge is 2.09. The smallest absolute Gasteiger partial charge is 0.150 e. The molecule has 0 amide bonds. The number of fused-ring (bicyclic) bond motifs is 1. The van der Waals surface area contributed by atoms with Gasteiger partial charge in [-0.3, -0.25) is 4.79 Å². The van der Waals surface area contributed by atoms with Crippen LogP contribution >= 0.6 is 0 Å². The quantitative estimate of drug-likeness (QED) is 0.723. The number of para-hydroxylation sites is 1. The molecule has 3 rings (SSSR count). The summed E-state index contributed by atoms with van der Waals surface area (Å²) in [6.07, 6.45) is 1.33. The zero-order chi connectivity index (χ0) is 15.4. The van der Waals surface area contributed by atoms with E-state index in [2.05, 4.69) is 0 Å². The molecule has 3 aromatic rings. The summed E-state index contributed by atoms with van der Waals surface area (Å²) in [5.41, 5.74) is 1.53. The van der Waals surface area contributed by atoms with E-state index >= 15 is 0 Å². The second kappa shape index (κ2) is 6.41. The molecule has 3 aromatic carbocycles. The van der Waals surface area contributed by atoms with Gasteiger partial charge in [-0.15, -0.1) is 0 Å². The van der Waals surface area contributed by atoms with E-state index in [9.17, 15) is 9.90 Å². The highest BCUT2D eigenvalue weighted by atomic mass is 16.5. The summed E-state index contributed by atoms with van der Waals surface area (Å²) in [6.45, 7) is 0.0428. The Labute approximate surface area is 128 Å². The molecular formula is C19H16O3. The molecular weight excluding hydrogens is 276 g/mol. The molecule has 0 atom stereocenters. The number of carbonyl (C=O) groups excluding carboxylic acids is 1. The maximum Gasteiger partial charge on any atom is 0.150 e. The first kappa shape index (κ1) is 14.3. The Morgan fingerprint density at radius 1 is 0.955 bits per heavy atom. The fraction of sp³-hybridized carbons (Fsp3) is 0.105. The lowest BCUT2D eigenvalue weighted by Gasteiger charge is -2.12. The van der Waals surface area contributed by atoms with Crippen LogP contribution in [0, 0.1) is 0 Å². The monoisotopic (exact) mass is 292 g/mol. The lowest BCUT2D eigenvalue weighted by atomic mass is 9.98. The van der Waals surface area contributed by atoms with Crippen molar-refractivity contribution in [3.8, 4) is 11.5 Å². The van der Waals surface area contributed by atoms with Crippen molar-refractivity contribution in [1.29, 1.82) is 0 Å². The highest BCUT2D eigenvalue weighted by molar-refractivity contribution is 5.95. The van der Waals surface area contributed by atoms with Crippen molar-refractivity contribution < 1.29 is 14.6 Å². The molecule has 0 saturated carbocycles. The topological polar surface area (TPSA) is 46.5 Å². The fourth-order valence-electron chi connectivity index (χ4n) is 2.56. The molecule has 0 aliphatic carbocycles. The van der Waals surface area contributed by atoms with Crippen LogP contribution in [-0.4, -0.2) is 18.0 Å². The third-order valence-electron chi connectivity index (χ3n) is 3.55. The van der Waals surface area contributed by atoms with Gasteiger partial charge in [-0.2, -0.15) is 0 Å². The molecule has 1 N–H and O–H groups in total. The van der Waals surface area contributed by atoms with E-state index < -0.39 is 0 Å². The average Bonchev–Trinajstić information content (AvgIpc) is 2.56. The van der Waals surface area contributed by atoms with Gasteiger partial charge in [0.2, 0.25) is 0 Å². The minimum absolute atomic E-state index is 0.0428. The van der Waals surface area contributed by atoms with Gasteiger partial charge in [-0.1, -0.05) is 30.3 Å². The standard InChI is InChI=1S/C19H16O3/c20-10-9-15-11-14(13-21)12-18-17(15)7-4-8-19(18)22-16-5-2-1-3-6-16/h1-8,11-13,20H,9-10H2. The zero-order valence-corrected chi connectivity index (χ0v) is 12.0. The molecule has 0 aromatic heterocycles. The molecule has 0 unspecified atom stereocenters. The molecule has 0 saturated heterocycles. The van der Waals surface area contributed by atoms with Gasteiger partial charge in [0.05, 0.1) is 0 Å². The van der Waals surface area contributed by atoms with Crippen molar-refractivity contribution in [3.05, 3.63) is 71.8 Å². The second-order valence-electron chi connectivity index (χ2n) is 5.04. The Balaban J connectivity index is 2.14. The summed E-state index contributed by atoms with van der Waals surface area (Å²) in [7, 11) is 0. The van der Waals surface area contributed by atoms with Gasteiger partial charge in [0.25, 0.3) is 0 Å². The summed E-state index contributed by atoms with van der Waals surface area (Å²) < 4.78 is 5.95. The van der Waals surface area contributed by atoms with Gasteiger partial charge in [-0.25, -0.2) is 0 Å². The lowest BCUT2D eigenvalue weighted by molar-refractivity contribution is 0.112. The summed E-state index contributed by atoms with van der Waals surface area (Å²) in [6, 6.07) is 18.9. The Bertz CT molecular complexity index is 794. The first-order chi connectivity index (χ1) is 10.8. The second-order valence-corrected chi connectivity index (χ2v) is 5.04. The van der Waals surface area contributed by atoms with E-state index in [4.69, 9.17) is 4.74 Å². The van der Waals surface area contributed by atoms with Crippen LogP contribution in [0.5, 0.6) is 11.5 Å². The van der Waals surface area contributed by atoms with Crippen molar-refractivity contribution >= 4 is 17.1 Å². The predicted molar refractivity (Wildman–Crippen MR) is 86.6 cm³/mol. The number of aliphatic hydroxyl groups is 1. The maximum absolute atomic E-state index is 11.2. The van der Waals surface area contributed by atoms with Crippen LogP contribution in [0.25, 0.3) is 10.8 Å². The van der Waals surface area contributed by atoms with Crippen LogP contribution in [-0.2, 0) is 6.42 Å². The Kier molecular flexibility index (Phi) is 4.17. The molecule has 0 spiro atoms. The normalized spacial score (nSPS) is 10.6. The molecule has 0 aliphatic rings. The molecule has 0 heterocycles. The number of aliphatic hydroxyl groups excluding tert-OH is 1. The van der Waals surface area contributed by atoms with Gasteiger partial charge in [0.1, 0.15) is 17.8 Å². The third kappa shape index (κ3) is 2.85. The summed E-state index contributed by atoms with van der Waals surface area (Å²) in [4.78, 5) is 11.2. The van der Waals surface area contributed by atoms with Gasteiger partial charge in [0, 0.05) is 17.6 Å². The number of ether oxygens (including phenoxy) is 1. The van der Waals surface area contributed by atoms with E-state index in [0.717, 1.165) is 28.4 Å². The van der Waals surface area contributed by atoms with Crippen molar-refractivity contribution in [1.82, 2.24) is 0 Å². The first-order valence-corrected chi connectivity index (χ1v) is 7.16. The van der Waals surface area contributed by atoms with Crippen molar-refractivity contribution in [3.63, 3.8) is 0 Å². The summed E-state index contributed by atoms with van der Waals surface area (Å²) in [5.74, 6) is 1.45. The van der Waals surface area contributed by atoms with Gasteiger partial charge < -0.3 is 9.84 Å². The summed E-state index contributed by atoms with van der Waals surface area (Å²) in [5, 5.41) is 11.1. The first-order valence-electron chi connectivity index (χ1n) is 7.16. The minimum atomic E-state index is 0.0428. The van der Waals surface area contributed by atoms with Crippen LogP contribution < -0.4 is 4.74 Å². The number of hydrogen-bond donors (Lipinski definition) is 1. The van der Waals surface area contributed by atoms with E-state index in [1.807, 2.05) is 60.7 Å². The molecule has 0 radical (unpaired) electrons. The Hall–Kier alpha value is -2.65. The average molecular weight is 292 g/mol. The number of carbonyl (C=O) groups is 1.